The molecule has 0 amide bonds. The molecule has 1 atom stereocenters. The molecule has 0 spiro atoms. The van der Waals surface area contributed by atoms with Crippen molar-refractivity contribution in [3.05, 3.63) is 29.8 Å². The van der Waals surface area contributed by atoms with Crippen molar-refractivity contribution in [1.82, 2.24) is 4.31 Å². The molecule has 0 aromatic heterocycles. The largest absolute Gasteiger partial charge is 0.288 e. The van der Waals surface area contributed by atoms with Gasteiger partial charge in [-0.1, -0.05) is 43.7 Å². The zero-order chi connectivity index (χ0) is 17.5. The van der Waals surface area contributed by atoms with Crippen LogP contribution in [0.2, 0.25) is 0 Å². The first-order valence-corrected chi connectivity index (χ1v) is 10.4. The van der Waals surface area contributed by atoms with Crippen molar-refractivity contribution in [3.8, 4) is 0 Å². The minimum absolute atomic E-state index is 0.000852. The second-order valence-corrected chi connectivity index (χ2v) is 8.97. The maximum atomic E-state index is 12.6. The summed E-state index contributed by atoms with van der Waals surface area (Å²) < 4.78 is 26.6. The SMILES string of the molecule is CCCCCc1ccc(S(=O)(=O)N(C)[C@@H](C)CSC(C)=O)cc1. The van der Waals surface area contributed by atoms with Gasteiger partial charge in [0.25, 0.3) is 0 Å². The average Bonchev–Trinajstić information content (AvgIpc) is 2.52. The van der Waals surface area contributed by atoms with Gasteiger partial charge in [0.05, 0.1) is 4.90 Å². The third-order valence-corrected chi connectivity index (χ3v) is 6.86. The van der Waals surface area contributed by atoms with Crippen LogP contribution in [0.1, 0.15) is 45.6 Å². The number of hydrogen-bond donors (Lipinski definition) is 0. The molecule has 0 N–H and O–H groups in total. The number of rotatable bonds is 9. The van der Waals surface area contributed by atoms with Gasteiger partial charge < -0.3 is 0 Å². The summed E-state index contributed by atoms with van der Waals surface area (Å²) in [4.78, 5) is 11.3. The first-order valence-electron chi connectivity index (χ1n) is 7.99. The number of thioether (sulfide) groups is 1. The van der Waals surface area contributed by atoms with E-state index >= 15 is 0 Å². The molecule has 0 saturated heterocycles. The number of benzene rings is 1. The lowest BCUT2D eigenvalue weighted by Crippen LogP contribution is -2.36. The molecule has 6 heteroatoms. The Morgan fingerprint density at radius 3 is 2.35 bits per heavy atom. The molecular formula is C17H27NO3S2. The van der Waals surface area contributed by atoms with Gasteiger partial charge in [0.2, 0.25) is 10.0 Å². The number of sulfonamides is 1. The van der Waals surface area contributed by atoms with Gasteiger partial charge in [-0.05, 0) is 37.5 Å². The molecule has 0 bridgehead atoms. The Morgan fingerprint density at radius 1 is 1.22 bits per heavy atom. The Labute approximate surface area is 144 Å². The monoisotopic (exact) mass is 357 g/mol. The highest BCUT2D eigenvalue weighted by Gasteiger charge is 2.25. The highest BCUT2D eigenvalue weighted by Crippen LogP contribution is 2.20. The van der Waals surface area contributed by atoms with Crippen molar-refractivity contribution in [2.45, 2.75) is 57.4 Å². The van der Waals surface area contributed by atoms with E-state index in [4.69, 9.17) is 0 Å². The van der Waals surface area contributed by atoms with E-state index in [0.717, 1.165) is 24.6 Å². The molecule has 0 heterocycles. The minimum atomic E-state index is -3.52. The first kappa shape index (κ1) is 20.2. The van der Waals surface area contributed by atoms with E-state index in [-0.39, 0.29) is 11.2 Å². The molecule has 130 valence electrons. The molecule has 23 heavy (non-hydrogen) atoms. The third kappa shape index (κ3) is 6.28. The van der Waals surface area contributed by atoms with Crippen LogP contribution in [-0.2, 0) is 21.2 Å². The van der Waals surface area contributed by atoms with E-state index in [1.54, 1.807) is 19.2 Å². The van der Waals surface area contributed by atoms with Crippen LogP contribution in [0.5, 0.6) is 0 Å². The van der Waals surface area contributed by atoms with Crippen molar-refractivity contribution in [3.63, 3.8) is 0 Å². The number of nitrogens with zero attached hydrogens (tertiary/aromatic N) is 1. The van der Waals surface area contributed by atoms with E-state index in [1.165, 1.54) is 29.6 Å². The van der Waals surface area contributed by atoms with Crippen LogP contribution in [0.15, 0.2) is 29.2 Å². The molecule has 4 nitrogen and oxygen atoms in total. The molecule has 0 aliphatic heterocycles. The number of unbranched alkanes of at least 4 members (excludes halogenated alkanes) is 2. The summed E-state index contributed by atoms with van der Waals surface area (Å²) in [5.41, 5.74) is 1.17. The zero-order valence-corrected chi connectivity index (χ0v) is 16.0. The van der Waals surface area contributed by atoms with Gasteiger partial charge in [-0.15, -0.1) is 0 Å². The predicted octanol–water partition coefficient (Wildman–Crippen LogP) is 3.71. The van der Waals surface area contributed by atoms with Gasteiger partial charge in [-0.3, -0.25) is 4.79 Å². The molecule has 1 aromatic carbocycles. The smallest absolute Gasteiger partial charge is 0.243 e. The van der Waals surface area contributed by atoms with Crippen LogP contribution in [0, 0.1) is 0 Å². The Bertz CT molecular complexity index is 597. The van der Waals surface area contributed by atoms with Gasteiger partial charge >= 0.3 is 0 Å². The van der Waals surface area contributed by atoms with Gasteiger partial charge in [0.15, 0.2) is 5.12 Å². The summed E-state index contributed by atoms with van der Waals surface area (Å²) in [6.07, 6.45) is 4.47. The van der Waals surface area contributed by atoms with Crippen LogP contribution in [0.3, 0.4) is 0 Å². The summed E-state index contributed by atoms with van der Waals surface area (Å²) >= 11 is 1.15. The molecule has 0 aliphatic rings. The van der Waals surface area contributed by atoms with Crippen LogP contribution in [0.25, 0.3) is 0 Å². The van der Waals surface area contributed by atoms with Crippen LogP contribution >= 0.6 is 11.8 Å². The quantitative estimate of drug-likeness (QED) is 0.632. The van der Waals surface area contributed by atoms with Crippen molar-refractivity contribution < 1.29 is 13.2 Å². The van der Waals surface area contributed by atoms with Crippen molar-refractivity contribution in [2.75, 3.05) is 12.8 Å². The van der Waals surface area contributed by atoms with Crippen molar-refractivity contribution in [1.29, 1.82) is 0 Å². The summed E-state index contributed by atoms with van der Waals surface area (Å²) in [6.45, 7) is 5.47. The van der Waals surface area contributed by atoms with E-state index < -0.39 is 10.0 Å². The van der Waals surface area contributed by atoms with Crippen molar-refractivity contribution >= 4 is 26.9 Å². The van der Waals surface area contributed by atoms with E-state index in [2.05, 4.69) is 6.92 Å². The third-order valence-electron chi connectivity index (χ3n) is 3.82. The predicted molar refractivity (Wildman–Crippen MR) is 97.2 cm³/mol. The summed E-state index contributed by atoms with van der Waals surface area (Å²) in [5.74, 6) is 0.458. The normalized spacial score (nSPS) is 13.3. The Balaban J connectivity index is 2.76. The zero-order valence-electron chi connectivity index (χ0n) is 14.4. The highest BCUT2D eigenvalue weighted by atomic mass is 32.2. The molecule has 0 aliphatic carbocycles. The molecule has 0 saturated carbocycles. The summed E-state index contributed by atoms with van der Waals surface area (Å²) in [6, 6.07) is 6.91. The lowest BCUT2D eigenvalue weighted by atomic mass is 10.1. The lowest BCUT2D eigenvalue weighted by Gasteiger charge is -2.23. The lowest BCUT2D eigenvalue weighted by molar-refractivity contribution is -0.109. The van der Waals surface area contributed by atoms with Crippen molar-refractivity contribution in [2.24, 2.45) is 0 Å². The number of hydrogen-bond acceptors (Lipinski definition) is 4. The molecule has 0 fully saturated rings. The molecule has 0 unspecified atom stereocenters. The number of aryl methyl sites for hydroxylation is 1. The second-order valence-electron chi connectivity index (χ2n) is 5.77. The van der Waals surface area contributed by atoms with Gasteiger partial charge in [-0.25, -0.2) is 8.42 Å². The number of carbonyl (C=O) groups excluding carboxylic acids is 1. The Kier molecular flexibility index (Phi) is 8.29. The van der Waals surface area contributed by atoms with Gasteiger partial charge in [0.1, 0.15) is 0 Å². The topological polar surface area (TPSA) is 54.5 Å². The van der Waals surface area contributed by atoms with E-state index in [0.29, 0.717) is 10.6 Å². The molecular weight excluding hydrogens is 330 g/mol. The maximum absolute atomic E-state index is 12.6. The Morgan fingerprint density at radius 2 is 1.83 bits per heavy atom. The Hall–Kier alpha value is -0.850. The standard InChI is InChI=1S/C17H27NO3S2/c1-5-6-7-8-16-9-11-17(12-10-16)23(20,21)18(4)14(2)13-22-15(3)19/h9-12,14H,5-8,13H2,1-4H3/t14-/m0/s1. The van der Waals surface area contributed by atoms with Crippen LogP contribution in [-0.4, -0.2) is 36.7 Å². The van der Waals surface area contributed by atoms with Crippen LogP contribution < -0.4 is 0 Å². The first-order chi connectivity index (χ1) is 10.8. The fourth-order valence-electron chi connectivity index (χ4n) is 2.15. The summed E-state index contributed by atoms with van der Waals surface area (Å²) in [7, 11) is -1.95. The maximum Gasteiger partial charge on any atom is 0.243 e. The molecule has 0 radical (unpaired) electrons. The molecule has 1 aromatic rings. The number of carbonyl (C=O) groups is 1. The second kappa shape index (κ2) is 9.45. The highest BCUT2D eigenvalue weighted by molar-refractivity contribution is 8.13. The fourth-order valence-corrected chi connectivity index (χ4v) is 4.31. The van der Waals surface area contributed by atoms with E-state index in [9.17, 15) is 13.2 Å². The fraction of sp³-hybridized carbons (Fsp3) is 0.588. The van der Waals surface area contributed by atoms with Crippen LogP contribution in [0.4, 0.5) is 0 Å². The average molecular weight is 358 g/mol. The van der Waals surface area contributed by atoms with Gasteiger partial charge in [0, 0.05) is 25.8 Å². The van der Waals surface area contributed by atoms with Gasteiger partial charge in [-0.2, -0.15) is 4.31 Å². The minimum Gasteiger partial charge on any atom is -0.288 e. The summed E-state index contributed by atoms with van der Waals surface area (Å²) in [5, 5.41) is -0.000852. The van der Waals surface area contributed by atoms with E-state index in [1.807, 2.05) is 19.1 Å². The molecule has 1 rings (SSSR count).